The number of nitrogens with one attached hydrogen (secondary N) is 1. The molecule has 0 aromatic heterocycles. The van der Waals surface area contributed by atoms with Gasteiger partial charge in [0.25, 0.3) is 0 Å². The minimum absolute atomic E-state index is 0.0247. The first-order chi connectivity index (χ1) is 9.93. The van der Waals surface area contributed by atoms with Crippen molar-refractivity contribution in [1.82, 2.24) is 10.2 Å². The summed E-state index contributed by atoms with van der Waals surface area (Å²) in [5, 5.41) is 11.8. The van der Waals surface area contributed by atoms with Gasteiger partial charge in [-0.3, -0.25) is 4.79 Å². The Morgan fingerprint density at radius 3 is 2.43 bits per heavy atom. The fraction of sp³-hybridized carbons (Fsp3) is 0.867. The number of ether oxygens (including phenoxy) is 1. The van der Waals surface area contributed by atoms with E-state index in [2.05, 4.69) is 5.32 Å². The quantitative estimate of drug-likeness (QED) is 0.754. The van der Waals surface area contributed by atoms with Gasteiger partial charge < -0.3 is 20.1 Å². The minimum Gasteiger partial charge on any atom is -0.481 e. The topological polar surface area (TPSA) is 78.9 Å². The molecule has 6 heteroatoms. The lowest BCUT2D eigenvalue weighted by molar-refractivity contribution is -0.141. The molecule has 0 aliphatic carbocycles. The Hall–Kier alpha value is -1.30. The highest BCUT2D eigenvalue weighted by Crippen LogP contribution is 2.14. The number of carboxylic acid groups (broad SMARTS) is 1. The Bertz CT molecular complexity index is 341. The number of likely N-dealkylation sites (tertiary alicyclic amines) is 1. The highest BCUT2D eigenvalue weighted by molar-refractivity contribution is 5.74. The van der Waals surface area contributed by atoms with Crippen molar-refractivity contribution in [3.8, 4) is 0 Å². The fourth-order valence-electron chi connectivity index (χ4n) is 2.52. The Kier molecular flexibility index (Phi) is 7.50. The normalized spacial score (nSPS) is 19.1. The summed E-state index contributed by atoms with van der Waals surface area (Å²) in [6, 6.07) is 0.0435. The largest absolute Gasteiger partial charge is 0.481 e. The van der Waals surface area contributed by atoms with Crippen molar-refractivity contribution in [3.05, 3.63) is 0 Å². The molecular formula is C15H28N2O4. The second kappa shape index (κ2) is 8.87. The minimum atomic E-state index is -0.757. The molecule has 2 amide bonds. The van der Waals surface area contributed by atoms with Gasteiger partial charge in [0.05, 0.1) is 12.0 Å². The average Bonchev–Trinajstić information content (AvgIpc) is 2.46. The van der Waals surface area contributed by atoms with Gasteiger partial charge in [0.2, 0.25) is 0 Å². The van der Waals surface area contributed by atoms with Crippen molar-refractivity contribution in [3.63, 3.8) is 0 Å². The van der Waals surface area contributed by atoms with Gasteiger partial charge in [0.15, 0.2) is 0 Å². The summed E-state index contributed by atoms with van der Waals surface area (Å²) >= 11 is 0. The smallest absolute Gasteiger partial charge is 0.317 e. The van der Waals surface area contributed by atoms with Crippen LogP contribution in [0.5, 0.6) is 0 Å². The molecule has 0 radical (unpaired) electrons. The molecular weight excluding hydrogens is 272 g/mol. The zero-order chi connectivity index (χ0) is 15.8. The standard InChI is InChI=1S/C15H28N2O4/c1-11(14(18)19)5-4-6-12(2)16-15(20)17-9-7-13(21-3)8-10-17/h11-13H,4-10H2,1-3H3,(H,16,20)(H,18,19). The summed E-state index contributed by atoms with van der Waals surface area (Å²) in [6.45, 7) is 5.14. The molecule has 1 fully saturated rings. The number of methoxy groups -OCH3 is 1. The molecule has 0 bridgehead atoms. The molecule has 1 saturated heterocycles. The highest BCUT2D eigenvalue weighted by Gasteiger charge is 2.23. The van der Waals surface area contributed by atoms with Gasteiger partial charge in [-0.25, -0.2) is 4.79 Å². The zero-order valence-corrected chi connectivity index (χ0v) is 13.3. The van der Waals surface area contributed by atoms with Crippen LogP contribution in [0, 0.1) is 5.92 Å². The average molecular weight is 300 g/mol. The second-order valence-electron chi connectivity index (χ2n) is 5.94. The van der Waals surface area contributed by atoms with E-state index in [0.717, 1.165) is 38.8 Å². The van der Waals surface area contributed by atoms with Crippen LogP contribution in [-0.2, 0) is 9.53 Å². The van der Waals surface area contributed by atoms with Gasteiger partial charge in [-0.2, -0.15) is 0 Å². The Morgan fingerprint density at radius 1 is 1.29 bits per heavy atom. The molecule has 0 aromatic carbocycles. The summed E-state index contributed by atoms with van der Waals surface area (Å²) in [4.78, 5) is 24.6. The molecule has 2 unspecified atom stereocenters. The van der Waals surface area contributed by atoms with Crippen molar-refractivity contribution < 1.29 is 19.4 Å². The van der Waals surface area contributed by atoms with Gasteiger partial charge in [-0.1, -0.05) is 13.3 Å². The van der Waals surface area contributed by atoms with E-state index in [4.69, 9.17) is 9.84 Å². The Morgan fingerprint density at radius 2 is 1.90 bits per heavy atom. The van der Waals surface area contributed by atoms with Crippen LogP contribution in [0.4, 0.5) is 4.79 Å². The van der Waals surface area contributed by atoms with E-state index in [0.29, 0.717) is 6.42 Å². The van der Waals surface area contributed by atoms with Crippen LogP contribution in [0.15, 0.2) is 0 Å². The van der Waals surface area contributed by atoms with Crippen LogP contribution < -0.4 is 5.32 Å². The molecule has 0 saturated carbocycles. The van der Waals surface area contributed by atoms with Crippen molar-refractivity contribution >= 4 is 12.0 Å². The second-order valence-corrected chi connectivity index (χ2v) is 5.94. The highest BCUT2D eigenvalue weighted by atomic mass is 16.5. The third-order valence-corrected chi connectivity index (χ3v) is 4.13. The third-order valence-electron chi connectivity index (χ3n) is 4.13. The first-order valence-electron chi connectivity index (χ1n) is 7.75. The van der Waals surface area contributed by atoms with E-state index in [1.807, 2.05) is 11.8 Å². The van der Waals surface area contributed by atoms with Crippen molar-refractivity contribution in [2.45, 2.75) is 58.1 Å². The number of hydrogen-bond acceptors (Lipinski definition) is 3. The number of nitrogens with zero attached hydrogens (tertiary/aromatic N) is 1. The lowest BCUT2D eigenvalue weighted by Crippen LogP contribution is -2.48. The molecule has 1 rings (SSSR count). The summed E-state index contributed by atoms with van der Waals surface area (Å²) < 4.78 is 5.29. The number of rotatable bonds is 7. The number of piperidine rings is 1. The molecule has 1 heterocycles. The van der Waals surface area contributed by atoms with Gasteiger partial charge in [-0.15, -0.1) is 0 Å². The molecule has 21 heavy (non-hydrogen) atoms. The number of hydrogen-bond donors (Lipinski definition) is 2. The van der Waals surface area contributed by atoms with Crippen LogP contribution in [-0.4, -0.2) is 54.4 Å². The van der Waals surface area contributed by atoms with Gasteiger partial charge >= 0.3 is 12.0 Å². The lowest BCUT2D eigenvalue weighted by Gasteiger charge is -2.32. The molecule has 1 aliphatic rings. The van der Waals surface area contributed by atoms with Crippen molar-refractivity contribution in [1.29, 1.82) is 0 Å². The maximum Gasteiger partial charge on any atom is 0.317 e. The predicted molar refractivity (Wildman–Crippen MR) is 80.2 cm³/mol. The summed E-state index contributed by atoms with van der Waals surface area (Å²) in [5.74, 6) is -1.08. The first kappa shape index (κ1) is 17.8. The van der Waals surface area contributed by atoms with Crippen molar-refractivity contribution in [2.24, 2.45) is 5.92 Å². The number of carboxylic acids is 1. The zero-order valence-electron chi connectivity index (χ0n) is 13.3. The molecule has 2 atom stereocenters. The molecule has 1 aliphatic heterocycles. The molecule has 0 spiro atoms. The van der Waals surface area contributed by atoms with Crippen LogP contribution in [0.1, 0.15) is 46.0 Å². The van der Waals surface area contributed by atoms with Gasteiger partial charge in [0.1, 0.15) is 0 Å². The number of carbonyl (C=O) groups excluding carboxylic acids is 1. The Balaban J connectivity index is 2.20. The number of aliphatic carboxylic acids is 1. The van der Waals surface area contributed by atoms with E-state index in [9.17, 15) is 9.59 Å². The van der Waals surface area contributed by atoms with Crippen LogP contribution in [0.25, 0.3) is 0 Å². The van der Waals surface area contributed by atoms with E-state index in [1.165, 1.54) is 0 Å². The van der Waals surface area contributed by atoms with Gasteiger partial charge in [0, 0.05) is 26.2 Å². The fourth-order valence-corrected chi connectivity index (χ4v) is 2.52. The number of carbonyl (C=O) groups is 2. The number of amides is 2. The maximum absolute atomic E-state index is 12.1. The van der Waals surface area contributed by atoms with E-state index in [-0.39, 0.29) is 24.1 Å². The maximum atomic E-state index is 12.1. The van der Waals surface area contributed by atoms with E-state index < -0.39 is 5.97 Å². The number of urea groups is 1. The molecule has 122 valence electrons. The Labute approximate surface area is 126 Å². The summed E-state index contributed by atoms with van der Waals surface area (Å²) in [6.07, 6.45) is 4.29. The molecule has 2 N–H and O–H groups in total. The predicted octanol–water partition coefficient (Wildman–Crippen LogP) is 2.09. The van der Waals surface area contributed by atoms with Crippen LogP contribution >= 0.6 is 0 Å². The first-order valence-corrected chi connectivity index (χ1v) is 7.75. The lowest BCUT2D eigenvalue weighted by atomic mass is 10.0. The van der Waals surface area contributed by atoms with Crippen LogP contribution in [0.3, 0.4) is 0 Å². The van der Waals surface area contributed by atoms with Crippen molar-refractivity contribution in [2.75, 3.05) is 20.2 Å². The SMILES string of the molecule is COC1CCN(C(=O)NC(C)CCCC(C)C(=O)O)CC1. The monoisotopic (exact) mass is 300 g/mol. The van der Waals surface area contributed by atoms with E-state index >= 15 is 0 Å². The summed E-state index contributed by atoms with van der Waals surface area (Å²) in [5.41, 5.74) is 0. The van der Waals surface area contributed by atoms with E-state index in [1.54, 1.807) is 14.0 Å². The summed E-state index contributed by atoms with van der Waals surface area (Å²) in [7, 11) is 1.71. The van der Waals surface area contributed by atoms with Gasteiger partial charge in [-0.05, 0) is 32.6 Å². The molecule has 6 nitrogen and oxygen atoms in total. The van der Waals surface area contributed by atoms with Crippen LogP contribution in [0.2, 0.25) is 0 Å². The third kappa shape index (κ3) is 6.33. The molecule has 0 aromatic rings.